The van der Waals surface area contributed by atoms with Crippen molar-refractivity contribution < 1.29 is 0 Å². The molecular weight excluding hydrogens is 292 g/mol. The average Bonchev–Trinajstić information content (AvgIpc) is 2.41. The number of benzene rings is 1. The molecule has 0 amide bonds. The Morgan fingerprint density at radius 2 is 2.30 bits per heavy atom. The van der Waals surface area contributed by atoms with E-state index in [1.165, 1.54) is 0 Å². The standard InChI is InChI=1S/C14H15ClN4S/c1-3-16-14(20)19-17-8-11-7-10-6-4-5-9(2)12(10)18-13(11)15/h4-8H,3H2,1-2H3,(H2,16,19,20)/b17-8-. The number of nitrogens with one attached hydrogen (secondary N) is 2. The Balaban J connectivity index is 2.24. The Hall–Kier alpha value is -1.72. The van der Waals surface area contributed by atoms with E-state index in [-0.39, 0.29) is 0 Å². The SMILES string of the molecule is CCNC(=S)N/N=C\c1cc2cccc(C)c2nc1Cl. The van der Waals surface area contributed by atoms with E-state index in [4.69, 9.17) is 23.8 Å². The van der Waals surface area contributed by atoms with Gasteiger partial charge in [-0.3, -0.25) is 5.43 Å². The van der Waals surface area contributed by atoms with Gasteiger partial charge >= 0.3 is 0 Å². The zero-order chi connectivity index (χ0) is 14.5. The third-order valence-electron chi connectivity index (χ3n) is 2.74. The second-order valence-electron chi connectivity index (χ2n) is 4.24. The van der Waals surface area contributed by atoms with Gasteiger partial charge in [0.05, 0.1) is 11.7 Å². The lowest BCUT2D eigenvalue weighted by molar-refractivity contribution is 0.904. The number of hydrazone groups is 1. The van der Waals surface area contributed by atoms with E-state index in [9.17, 15) is 0 Å². The molecule has 1 aromatic carbocycles. The van der Waals surface area contributed by atoms with Crippen molar-refractivity contribution >= 4 is 46.0 Å². The molecule has 0 atom stereocenters. The number of para-hydroxylation sites is 1. The molecule has 0 aliphatic carbocycles. The molecule has 6 heteroatoms. The Kier molecular flexibility index (Phi) is 4.87. The third-order valence-corrected chi connectivity index (χ3v) is 3.27. The number of halogens is 1. The third kappa shape index (κ3) is 3.43. The predicted octanol–water partition coefficient (Wildman–Crippen LogP) is 3.01. The molecule has 0 fully saturated rings. The smallest absolute Gasteiger partial charge is 0.186 e. The van der Waals surface area contributed by atoms with Gasteiger partial charge in [-0.15, -0.1) is 0 Å². The van der Waals surface area contributed by atoms with Gasteiger partial charge in [0.2, 0.25) is 0 Å². The van der Waals surface area contributed by atoms with E-state index in [1.807, 2.05) is 38.1 Å². The van der Waals surface area contributed by atoms with Gasteiger partial charge in [0.1, 0.15) is 5.15 Å². The van der Waals surface area contributed by atoms with Crippen molar-refractivity contribution in [2.45, 2.75) is 13.8 Å². The van der Waals surface area contributed by atoms with Crippen LogP contribution >= 0.6 is 23.8 Å². The van der Waals surface area contributed by atoms with E-state index < -0.39 is 0 Å². The van der Waals surface area contributed by atoms with Gasteiger partial charge in [-0.1, -0.05) is 29.8 Å². The second kappa shape index (κ2) is 6.63. The fourth-order valence-corrected chi connectivity index (χ4v) is 2.18. The molecule has 1 heterocycles. The summed E-state index contributed by atoms with van der Waals surface area (Å²) in [6.45, 7) is 4.72. The number of pyridine rings is 1. The maximum absolute atomic E-state index is 6.17. The molecule has 1 aromatic heterocycles. The van der Waals surface area contributed by atoms with Gasteiger partial charge in [-0.25, -0.2) is 4.98 Å². The highest BCUT2D eigenvalue weighted by molar-refractivity contribution is 7.80. The highest BCUT2D eigenvalue weighted by Gasteiger charge is 2.04. The molecule has 4 nitrogen and oxygen atoms in total. The zero-order valence-electron chi connectivity index (χ0n) is 11.3. The van der Waals surface area contributed by atoms with Crippen LogP contribution in [0, 0.1) is 6.92 Å². The summed E-state index contributed by atoms with van der Waals surface area (Å²) in [4.78, 5) is 4.41. The molecule has 2 rings (SSSR count). The van der Waals surface area contributed by atoms with E-state index >= 15 is 0 Å². The number of hydrogen-bond acceptors (Lipinski definition) is 3. The first kappa shape index (κ1) is 14.7. The summed E-state index contributed by atoms with van der Waals surface area (Å²) >= 11 is 11.2. The maximum atomic E-state index is 6.17. The van der Waals surface area contributed by atoms with Crippen LogP contribution in [0.15, 0.2) is 29.4 Å². The van der Waals surface area contributed by atoms with Gasteiger partial charge in [0.15, 0.2) is 5.11 Å². The number of fused-ring (bicyclic) bond motifs is 1. The van der Waals surface area contributed by atoms with Crippen molar-refractivity contribution in [1.29, 1.82) is 0 Å². The van der Waals surface area contributed by atoms with Gasteiger partial charge in [0, 0.05) is 17.5 Å². The average molecular weight is 307 g/mol. The molecule has 0 saturated heterocycles. The number of rotatable bonds is 3. The first-order chi connectivity index (χ1) is 9.61. The quantitative estimate of drug-likeness (QED) is 0.396. The van der Waals surface area contributed by atoms with Crippen LogP contribution in [-0.2, 0) is 0 Å². The molecule has 2 aromatic rings. The van der Waals surface area contributed by atoms with Crippen molar-refractivity contribution in [2.24, 2.45) is 5.10 Å². The van der Waals surface area contributed by atoms with E-state index in [1.54, 1.807) is 6.21 Å². The Bertz CT molecular complexity index is 670. The van der Waals surface area contributed by atoms with Crippen LogP contribution in [0.5, 0.6) is 0 Å². The first-order valence-electron chi connectivity index (χ1n) is 6.24. The minimum Gasteiger partial charge on any atom is -0.362 e. The number of aryl methyl sites for hydroxylation is 1. The van der Waals surface area contributed by atoms with E-state index in [2.05, 4.69) is 20.8 Å². The van der Waals surface area contributed by atoms with Crippen LogP contribution in [0.25, 0.3) is 10.9 Å². The zero-order valence-corrected chi connectivity index (χ0v) is 12.8. The van der Waals surface area contributed by atoms with Gasteiger partial charge in [-0.2, -0.15) is 5.10 Å². The lowest BCUT2D eigenvalue weighted by Gasteiger charge is -2.05. The molecule has 20 heavy (non-hydrogen) atoms. The van der Waals surface area contributed by atoms with Gasteiger partial charge in [0.25, 0.3) is 0 Å². The number of nitrogens with zero attached hydrogens (tertiary/aromatic N) is 2. The molecule has 0 aliphatic heterocycles. The Labute approximate surface area is 128 Å². The van der Waals surface area contributed by atoms with Crippen LogP contribution in [-0.4, -0.2) is 22.9 Å². The monoisotopic (exact) mass is 306 g/mol. The predicted molar refractivity (Wildman–Crippen MR) is 88.5 cm³/mol. The van der Waals surface area contributed by atoms with Crippen molar-refractivity contribution in [3.05, 3.63) is 40.5 Å². The van der Waals surface area contributed by atoms with E-state index in [0.717, 1.165) is 28.6 Å². The van der Waals surface area contributed by atoms with Gasteiger partial charge in [-0.05, 0) is 37.7 Å². The van der Waals surface area contributed by atoms with Crippen LogP contribution in [0.4, 0.5) is 0 Å². The minimum atomic E-state index is 0.423. The maximum Gasteiger partial charge on any atom is 0.186 e. The molecule has 2 N–H and O–H groups in total. The van der Waals surface area contributed by atoms with Crippen molar-refractivity contribution in [1.82, 2.24) is 15.7 Å². The normalized spacial score (nSPS) is 10.9. The van der Waals surface area contributed by atoms with Crippen LogP contribution in [0.3, 0.4) is 0 Å². The highest BCUT2D eigenvalue weighted by atomic mass is 35.5. The molecule has 104 valence electrons. The molecule has 0 radical (unpaired) electrons. The molecule has 0 saturated carbocycles. The molecule has 0 spiro atoms. The fourth-order valence-electron chi connectivity index (χ4n) is 1.79. The number of aromatic nitrogens is 1. The largest absolute Gasteiger partial charge is 0.362 e. The molecule has 0 aliphatic rings. The lowest BCUT2D eigenvalue weighted by atomic mass is 10.1. The van der Waals surface area contributed by atoms with Crippen molar-refractivity contribution in [3.63, 3.8) is 0 Å². The Morgan fingerprint density at radius 3 is 3.05 bits per heavy atom. The van der Waals surface area contributed by atoms with Crippen molar-refractivity contribution in [3.8, 4) is 0 Å². The first-order valence-corrected chi connectivity index (χ1v) is 7.03. The second-order valence-corrected chi connectivity index (χ2v) is 5.01. The molecule has 0 bridgehead atoms. The fraction of sp³-hybridized carbons (Fsp3) is 0.214. The summed E-state index contributed by atoms with van der Waals surface area (Å²) in [5, 5.41) is 8.92. The summed E-state index contributed by atoms with van der Waals surface area (Å²) in [6, 6.07) is 7.96. The lowest BCUT2D eigenvalue weighted by Crippen LogP contribution is -2.31. The summed E-state index contributed by atoms with van der Waals surface area (Å²) in [5.74, 6) is 0. The van der Waals surface area contributed by atoms with Gasteiger partial charge < -0.3 is 5.32 Å². The minimum absolute atomic E-state index is 0.423. The van der Waals surface area contributed by atoms with E-state index in [0.29, 0.717) is 10.3 Å². The highest BCUT2D eigenvalue weighted by Crippen LogP contribution is 2.21. The molecule has 0 unspecified atom stereocenters. The summed E-state index contributed by atoms with van der Waals surface area (Å²) in [7, 11) is 0. The molecular formula is C14H15ClN4S. The summed E-state index contributed by atoms with van der Waals surface area (Å²) in [5.41, 5.74) is 5.47. The topological polar surface area (TPSA) is 49.3 Å². The van der Waals surface area contributed by atoms with Crippen LogP contribution < -0.4 is 10.7 Å². The Morgan fingerprint density at radius 1 is 1.50 bits per heavy atom. The summed E-state index contributed by atoms with van der Waals surface area (Å²) in [6.07, 6.45) is 1.61. The van der Waals surface area contributed by atoms with Crippen LogP contribution in [0.2, 0.25) is 5.15 Å². The van der Waals surface area contributed by atoms with Crippen molar-refractivity contribution in [2.75, 3.05) is 6.54 Å². The number of hydrogen-bond donors (Lipinski definition) is 2. The summed E-state index contributed by atoms with van der Waals surface area (Å²) < 4.78 is 0. The number of thiocarbonyl (C=S) groups is 1. The van der Waals surface area contributed by atoms with Crippen LogP contribution in [0.1, 0.15) is 18.1 Å².